The number of aryl methyl sites for hydroxylation is 1. The molecule has 1 aliphatic carbocycles. The van der Waals surface area contributed by atoms with Gasteiger partial charge in [-0.1, -0.05) is 33.8 Å². The van der Waals surface area contributed by atoms with Crippen LogP contribution in [0.15, 0.2) is 41.5 Å². The van der Waals surface area contributed by atoms with Crippen molar-refractivity contribution in [2.45, 2.75) is 97.5 Å². The predicted octanol–water partition coefficient (Wildman–Crippen LogP) is 5.34. The SMILES string of the molecule is CO[C@@H](C)c1ncccc1-c1c2c3cc(ccc3n1CCCN)C1CSC(=N1)C[C@H](NC(=O)[C@H]1[C@H](C)[C@@H]1C)C(=O)N1CCC[C@H](N1)C(=O)OCC(C)(C)C2. The number of cyclic esters (lactones) is 1. The quantitative estimate of drug-likeness (QED) is 0.259. The van der Waals surface area contributed by atoms with Crippen molar-refractivity contribution in [2.75, 3.05) is 32.6 Å². The van der Waals surface area contributed by atoms with Crippen molar-refractivity contribution in [3.05, 3.63) is 53.3 Å². The number of hydrazine groups is 1. The monoisotopic (exact) mass is 757 g/mol. The summed E-state index contributed by atoms with van der Waals surface area (Å²) in [4.78, 5) is 51.2. The number of pyridine rings is 1. The van der Waals surface area contributed by atoms with Gasteiger partial charge in [-0.05, 0) is 86.4 Å². The number of aromatic nitrogens is 2. The zero-order valence-corrected chi connectivity index (χ0v) is 33.2. The van der Waals surface area contributed by atoms with Crippen molar-refractivity contribution in [3.63, 3.8) is 0 Å². The Bertz CT molecular complexity index is 1940. The van der Waals surface area contributed by atoms with Crippen LogP contribution in [0.4, 0.5) is 0 Å². The normalized spacial score (nSPS) is 27.6. The molecule has 4 N–H and O–H groups in total. The maximum absolute atomic E-state index is 14.1. The van der Waals surface area contributed by atoms with Gasteiger partial charge in [0.15, 0.2) is 0 Å². The summed E-state index contributed by atoms with van der Waals surface area (Å²) in [6.07, 6.45) is 4.46. The molecular weight excluding hydrogens is 703 g/mol. The number of hydrogen-bond acceptors (Lipinski definition) is 10. The van der Waals surface area contributed by atoms with Crippen LogP contribution in [0.1, 0.15) is 89.3 Å². The number of carbonyl (C=O) groups excluding carboxylic acids is 3. The Morgan fingerprint density at radius 2 is 2.02 bits per heavy atom. The second-order valence-electron chi connectivity index (χ2n) is 16.3. The summed E-state index contributed by atoms with van der Waals surface area (Å²) < 4.78 is 14.3. The highest BCUT2D eigenvalue weighted by molar-refractivity contribution is 8.14. The van der Waals surface area contributed by atoms with Gasteiger partial charge in [0.1, 0.15) is 12.1 Å². The lowest BCUT2D eigenvalue weighted by Gasteiger charge is -2.35. The number of rotatable bonds is 8. The summed E-state index contributed by atoms with van der Waals surface area (Å²) in [5.41, 5.74) is 15.1. The number of carbonyl (C=O) groups is 3. The molecular formula is C41H55N7O5S. The Kier molecular flexibility index (Phi) is 11.2. The van der Waals surface area contributed by atoms with Gasteiger partial charge in [0.05, 0.1) is 35.2 Å². The number of ether oxygens (including phenoxy) is 2. The van der Waals surface area contributed by atoms with E-state index in [1.54, 1.807) is 18.9 Å². The third kappa shape index (κ3) is 7.69. The molecule has 6 bridgehead atoms. The minimum absolute atomic E-state index is 0.101. The smallest absolute Gasteiger partial charge is 0.324 e. The molecule has 13 heteroatoms. The number of nitrogens with one attached hydrogen (secondary N) is 2. The van der Waals surface area contributed by atoms with Crippen molar-refractivity contribution in [1.82, 2.24) is 25.3 Å². The third-order valence-electron chi connectivity index (χ3n) is 11.8. The lowest BCUT2D eigenvalue weighted by Crippen LogP contribution is -2.60. The lowest BCUT2D eigenvalue weighted by molar-refractivity contribution is -0.155. The topological polar surface area (TPSA) is 153 Å². The standard InChI is InChI=1S/C41H55N7O5S/c1-23-24(2)35(23)38(49)45-31-19-34-44-32(21-54-34)26-12-13-33-28(18-26)29(20-41(4,5)22-53-40(51)30-11-8-17-48(46-30)39(31)50)37(47(33)16-9-14-42)27-10-7-15-43-36(27)25(3)52-6/h7,10,12-13,15,18,23-25,30-32,35,46H,8-9,11,14,16-17,19-22,42H2,1-6H3,(H,45,49)/t23-,24+,25-,30-,31-,32?,35+/m0/s1. The van der Waals surface area contributed by atoms with Gasteiger partial charge in [0, 0.05) is 66.4 Å². The van der Waals surface area contributed by atoms with E-state index in [2.05, 4.69) is 67.3 Å². The van der Waals surface area contributed by atoms with E-state index in [-0.39, 0.29) is 54.7 Å². The number of aliphatic imine (C=N–C) groups is 1. The second-order valence-corrected chi connectivity index (χ2v) is 17.4. The van der Waals surface area contributed by atoms with E-state index >= 15 is 0 Å². The Morgan fingerprint density at radius 3 is 2.76 bits per heavy atom. The molecule has 0 radical (unpaired) electrons. The van der Waals surface area contributed by atoms with Crippen molar-refractivity contribution in [1.29, 1.82) is 0 Å². The molecule has 7 rings (SSSR count). The van der Waals surface area contributed by atoms with Crippen LogP contribution in [-0.4, -0.2) is 82.0 Å². The summed E-state index contributed by atoms with van der Waals surface area (Å²) >= 11 is 1.64. The van der Waals surface area contributed by atoms with Gasteiger partial charge in [-0.15, -0.1) is 11.8 Å². The van der Waals surface area contributed by atoms with E-state index < -0.39 is 23.5 Å². The summed E-state index contributed by atoms with van der Waals surface area (Å²) in [6, 6.07) is 9.12. The van der Waals surface area contributed by atoms with Crippen molar-refractivity contribution < 1.29 is 23.9 Å². The zero-order chi connectivity index (χ0) is 38.3. The van der Waals surface area contributed by atoms with Crippen LogP contribution in [0.3, 0.4) is 0 Å². The fourth-order valence-electron chi connectivity index (χ4n) is 8.36. The van der Waals surface area contributed by atoms with E-state index in [1.807, 2.05) is 19.2 Å². The first-order valence-electron chi connectivity index (χ1n) is 19.5. The second kappa shape index (κ2) is 15.8. The van der Waals surface area contributed by atoms with Gasteiger partial charge in [-0.2, -0.15) is 0 Å². The number of amides is 2. The van der Waals surface area contributed by atoms with Gasteiger partial charge >= 0.3 is 5.97 Å². The molecule has 54 heavy (non-hydrogen) atoms. The van der Waals surface area contributed by atoms with Crippen molar-refractivity contribution >= 4 is 45.5 Å². The van der Waals surface area contributed by atoms with Crippen LogP contribution in [0.2, 0.25) is 0 Å². The summed E-state index contributed by atoms with van der Waals surface area (Å²) in [7, 11) is 1.70. The van der Waals surface area contributed by atoms with Gasteiger partial charge in [-0.3, -0.25) is 29.4 Å². The number of nitrogens with zero attached hydrogens (tertiary/aromatic N) is 4. The van der Waals surface area contributed by atoms with Crippen LogP contribution >= 0.6 is 11.8 Å². The van der Waals surface area contributed by atoms with Crippen LogP contribution in [0.5, 0.6) is 0 Å². The molecule has 12 nitrogen and oxygen atoms in total. The van der Waals surface area contributed by atoms with Crippen LogP contribution < -0.4 is 16.5 Å². The lowest BCUT2D eigenvalue weighted by atomic mass is 9.84. The van der Waals surface area contributed by atoms with E-state index in [9.17, 15) is 14.4 Å². The zero-order valence-electron chi connectivity index (χ0n) is 32.4. The fourth-order valence-corrected chi connectivity index (χ4v) is 9.46. The molecule has 290 valence electrons. The number of esters is 1. The highest BCUT2D eigenvalue weighted by Gasteiger charge is 2.49. The summed E-state index contributed by atoms with van der Waals surface area (Å²) in [6.45, 7) is 12.3. The summed E-state index contributed by atoms with van der Waals surface area (Å²) in [5.74, 6) is 0.422. The van der Waals surface area contributed by atoms with Gasteiger partial charge < -0.3 is 25.1 Å². The summed E-state index contributed by atoms with van der Waals surface area (Å²) in [5, 5.41) is 6.55. The number of methoxy groups -OCH3 is 1. The van der Waals surface area contributed by atoms with Gasteiger partial charge in [-0.25, -0.2) is 5.43 Å². The van der Waals surface area contributed by atoms with E-state index in [0.717, 1.165) is 62.7 Å². The number of fused-ring (bicyclic) bond motifs is 5. The Balaban J connectivity index is 1.35. The van der Waals surface area contributed by atoms with Crippen LogP contribution in [-0.2, 0) is 36.8 Å². The van der Waals surface area contributed by atoms with E-state index in [4.69, 9.17) is 25.2 Å². The van der Waals surface area contributed by atoms with Gasteiger partial charge in [0.25, 0.3) is 5.91 Å². The molecule has 1 saturated carbocycles. The molecule has 3 aromatic rings. The molecule has 7 atom stereocenters. The van der Waals surface area contributed by atoms with Crippen LogP contribution in [0.25, 0.3) is 22.2 Å². The molecule has 1 aromatic carbocycles. The molecule has 1 unspecified atom stereocenters. The first-order chi connectivity index (χ1) is 25.9. The van der Waals surface area contributed by atoms with Crippen LogP contribution in [0, 0.1) is 23.2 Å². The maximum Gasteiger partial charge on any atom is 0.324 e. The third-order valence-corrected chi connectivity index (χ3v) is 12.9. The first-order valence-corrected chi connectivity index (χ1v) is 20.5. The molecule has 2 aromatic heterocycles. The molecule has 5 heterocycles. The molecule has 2 fully saturated rings. The fraction of sp³-hybridized carbons (Fsp3) is 0.585. The van der Waals surface area contributed by atoms with Crippen molar-refractivity contribution in [2.24, 2.45) is 33.9 Å². The van der Waals surface area contributed by atoms with Crippen molar-refractivity contribution in [3.8, 4) is 11.3 Å². The molecule has 1 saturated heterocycles. The number of benzene rings is 1. The van der Waals surface area contributed by atoms with Gasteiger partial charge in [0.2, 0.25) is 5.91 Å². The molecule has 2 amide bonds. The number of thioether (sulfide) groups is 1. The highest BCUT2D eigenvalue weighted by atomic mass is 32.2. The average Bonchev–Trinajstić information content (AvgIpc) is 3.44. The Morgan fingerprint density at radius 1 is 1.22 bits per heavy atom. The van der Waals surface area contributed by atoms with E-state index in [1.165, 1.54) is 5.01 Å². The highest BCUT2D eigenvalue weighted by Crippen LogP contribution is 2.46. The maximum atomic E-state index is 14.1. The average molecular weight is 758 g/mol. The number of hydrogen-bond donors (Lipinski definition) is 3. The number of nitrogens with two attached hydrogens (primary N) is 1. The molecule has 4 aliphatic rings. The Labute approximate surface area is 322 Å². The van der Waals surface area contributed by atoms with E-state index in [0.29, 0.717) is 32.4 Å². The molecule has 3 aliphatic heterocycles. The first kappa shape index (κ1) is 38.5. The molecule has 0 spiro atoms. The Hall–Kier alpha value is -3.78. The predicted molar refractivity (Wildman–Crippen MR) is 212 cm³/mol. The minimum atomic E-state index is -0.807. The minimum Gasteiger partial charge on any atom is -0.464 e. The largest absolute Gasteiger partial charge is 0.464 e.